The third-order valence-electron chi connectivity index (χ3n) is 2.16. The fourth-order valence-electron chi connectivity index (χ4n) is 1.60. The standard InChI is InChI=1S/C8H16N/c1-9-7-8-5-3-2-4-6-8/h8-9H,1-7H2. The predicted molar refractivity (Wildman–Crippen MR) is 39.9 cm³/mol. The Kier molecular flexibility index (Phi) is 3.05. The highest BCUT2D eigenvalue weighted by molar-refractivity contribution is 4.67. The summed E-state index contributed by atoms with van der Waals surface area (Å²) in [4.78, 5) is 0. The van der Waals surface area contributed by atoms with Crippen molar-refractivity contribution >= 4 is 0 Å². The molecule has 0 aliphatic heterocycles. The van der Waals surface area contributed by atoms with Crippen molar-refractivity contribution in [3.8, 4) is 0 Å². The Morgan fingerprint density at radius 3 is 2.44 bits per heavy atom. The van der Waals surface area contributed by atoms with Gasteiger partial charge in [-0.05, 0) is 25.3 Å². The van der Waals surface area contributed by atoms with Gasteiger partial charge < -0.3 is 5.32 Å². The van der Waals surface area contributed by atoms with Gasteiger partial charge in [0.2, 0.25) is 0 Å². The van der Waals surface area contributed by atoms with Crippen LogP contribution in [0.2, 0.25) is 0 Å². The molecule has 1 heteroatoms. The van der Waals surface area contributed by atoms with Gasteiger partial charge in [-0.1, -0.05) is 19.3 Å². The molecule has 0 saturated heterocycles. The van der Waals surface area contributed by atoms with Crippen LogP contribution in [0, 0.1) is 13.0 Å². The van der Waals surface area contributed by atoms with Crippen LogP contribution < -0.4 is 5.32 Å². The molecule has 53 valence electrons. The Morgan fingerprint density at radius 1 is 1.22 bits per heavy atom. The molecular weight excluding hydrogens is 110 g/mol. The summed E-state index contributed by atoms with van der Waals surface area (Å²) in [5, 5.41) is 2.99. The van der Waals surface area contributed by atoms with Gasteiger partial charge in [0.05, 0.1) is 0 Å². The van der Waals surface area contributed by atoms with E-state index in [-0.39, 0.29) is 0 Å². The Morgan fingerprint density at radius 2 is 1.89 bits per heavy atom. The Hall–Kier alpha value is -0.0400. The van der Waals surface area contributed by atoms with Crippen LogP contribution in [0.5, 0.6) is 0 Å². The zero-order chi connectivity index (χ0) is 6.53. The molecule has 0 amide bonds. The Labute approximate surface area is 57.8 Å². The lowest BCUT2D eigenvalue weighted by Gasteiger charge is -2.20. The van der Waals surface area contributed by atoms with E-state index in [1.165, 1.54) is 32.1 Å². The van der Waals surface area contributed by atoms with Crippen LogP contribution in [0.4, 0.5) is 0 Å². The maximum atomic E-state index is 3.63. The van der Waals surface area contributed by atoms with E-state index in [4.69, 9.17) is 0 Å². The van der Waals surface area contributed by atoms with Crippen molar-refractivity contribution in [2.75, 3.05) is 6.54 Å². The van der Waals surface area contributed by atoms with Gasteiger partial charge in [-0.3, -0.25) is 0 Å². The molecule has 1 saturated carbocycles. The van der Waals surface area contributed by atoms with Crippen molar-refractivity contribution in [1.82, 2.24) is 5.32 Å². The molecule has 1 nitrogen and oxygen atoms in total. The monoisotopic (exact) mass is 126 g/mol. The molecule has 1 N–H and O–H groups in total. The molecule has 1 radical (unpaired) electrons. The lowest BCUT2D eigenvalue weighted by atomic mass is 9.89. The van der Waals surface area contributed by atoms with Crippen LogP contribution in [0.15, 0.2) is 0 Å². The molecule has 0 aromatic heterocycles. The summed E-state index contributed by atoms with van der Waals surface area (Å²) in [6, 6.07) is 0. The highest BCUT2D eigenvalue weighted by Crippen LogP contribution is 2.22. The lowest BCUT2D eigenvalue weighted by Crippen LogP contribution is -2.19. The maximum Gasteiger partial charge on any atom is 0.00768 e. The minimum atomic E-state index is 0.927. The van der Waals surface area contributed by atoms with Crippen molar-refractivity contribution in [3.05, 3.63) is 7.05 Å². The average Bonchev–Trinajstić information content (AvgIpc) is 1.91. The van der Waals surface area contributed by atoms with Crippen LogP contribution >= 0.6 is 0 Å². The van der Waals surface area contributed by atoms with E-state index in [1.54, 1.807) is 0 Å². The molecule has 0 aromatic rings. The summed E-state index contributed by atoms with van der Waals surface area (Å²) in [6.07, 6.45) is 7.16. The summed E-state index contributed by atoms with van der Waals surface area (Å²) in [5.74, 6) is 0.927. The second-order valence-electron chi connectivity index (χ2n) is 2.96. The minimum absolute atomic E-state index is 0.927. The molecule has 0 unspecified atom stereocenters. The number of rotatable bonds is 2. The third kappa shape index (κ3) is 2.35. The van der Waals surface area contributed by atoms with Crippen LogP contribution in [-0.4, -0.2) is 6.54 Å². The SMILES string of the molecule is [CH2]NCC1CCCCC1. The fourth-order valence-corrected chi connectivity index (χ4v) is 1.60. The van der Waals surface area contributed by atoms with Crippen LogP contribution in [0.25, 0.3) is 0 Å². The number of nitrogens with one attached hydrogen (secondary N) is 1. The summed E-state index contributed by atoms with van der Waals surface area (Å²) in [5.41, 5.74) is 0. The smallest absolute Gasteiger partial charge is 0.00768 e. The minimum Gasteiger partial charge on any atom is -0.315 e. The van der Waals surface area contributed by atoms with Crippen molar-refractivity contribution in [2.24, 2.45) is 5.92 Å². The fraction of sp³-hybridized carbons (Fsp3) is 0.875. The molecular formula is C8H16N. The van der Waals surface area contributed by atoms with Crippen molar-refractivity contribution in [1.29, 1.82) is 0 Å². The molecule has 1 rings (SSSR count). The largest absolute Gasteiger partial charge is 0.315 e. The topological polar surface area (TPSA) is 12.0 Å². The van der Waals surface area contributed by atoms with E-state index in [2.05, 4.69) is 12.4 Å². The summed E-state index contributed by atoms with van der Waals surface area (Å²) >= 11 is 0. The highest BCUT2D eigenvalue weighted by Gasteiger charge is 2.11. The molecule has 1 aliphatic rings. The zero-order valence-corrected chi connectivity index (χ0v) is 6.03. The van der Waals surface area contributed by atoms with Gasteiger partial charge in [-0.2, -0.15) is 0 Å². The first kappa shape index (κ1) is 7.07. The molecule has 0 heterocycles. The van der Waals surface area contributed by atoms with Crippen LogP contribution in [-0.2, 0) is 0 Å². The maximum absolute atomic E-state index is 3.63. The molecule has 0 aromatic carbocycles. The average molecular weight is 126 g/mol. The number of hydrogen-bond donors (Lipinski definition) is 1. The summed E-state index contributed by atoms with van der Waals surface area (Å²) < 4.78 is 0. The van der Waals surface area contributed by atoms with E-state index in [0.29, 0.717) is 0 Å². The normalized spacial score (nSPS) is 22.3. The van der Waals surface area contributed by atoms with E-state index < -0.39 is 0 Å². The van der Waals surface area contributed by atoms with Crippen molar-refractivity contribution in [2.45, 2.75) is 32.1 Å². The van der Waals surface area contributed by atoms with E-state index >= 15 is 0 Å². The van der Waals surface area contributed by atoms with Gasteiger partial charge >= 0.3 is 0 Å². The van der Waals surface area contributed by atoms with Gasteiger partial charge in [0.25, 0.3) is 0 Å². The van der Waals surface area contributed by atoms with E-state index in [0.717, 1.165) is 12.5 Å². The molecule has 0 atom stereocenters. The summed E-state index contributed by atoms with van der Waals surface area (Å²) in [7, 11) is 3.63. The first-order valence-corrected chi connectivity index (χ1v) is 3.93. The van der Waals surface area contributed by atoms with Gasteiger partial charge in [0, 0.05) is 7.05 Å². The third-order valence-corrected chi connectivity index (χ3v) is 2.16. The second-order valence-corrected chi connectivity index (χ2v) is 2.96. The molecule has 1 aliphatic carbocycles. The first-order chi connectivity index (χ1) is 4.43. The lowest BCUT2D eigenvalue weighted by molar-refractivity contribution is 0.353. The van der Waals surface area contributed by atoms with Gasteiger partial charge in [-0.25, -0.2) is 0 Å². The van der Waals surface area contributed by atoms with Crippen molar-refractivity contribution < 1.29 is 0 Å². The van der Waals surface area contributed by atoms with Crippen molar-refractivity contribution in [3.63, 3.8) is 0 Å². The number of hydrogen-bond acceptors (Lipinski definition) is 1. The first-order valence-electron chi connectivity index (χ1n) is 3.93. The molecule has 1 fully saturated rings. The van der Waals surface area contributed by atoms with Crippen LogP contribution in [0.3, 0.4) is 0 Å². The zero-order valence-electron chi connectivity index (χ0n) is 6.03. The Bertz CT molecular complexity index is 62.2. The van der Waals surface area contributed by atoms with Gasteiger partial charge in [-0.15, -0.1) is 0 Å². The quantitative estimate of drug-likeness (QED) is 0.596. The molecule has 0 spiro atoms. The molecule has 0 bridgehead atoms. The highest BCUT2D eigenvalue weighted by atomic mass is 14.8. The van der Waals surface area contributed by atoms with Gasteiger partial charge in [0.15, 0.2) is 0 Å². The van der Waals surface area contributed by atoms with E-state index in [9.17, 15) is 0 Å². The Balaban J connectivity index is 2.08. The second kappa shape index (κ2) is 3.89. The summed E-state index contributed by atoms with van der Waals surface area (Å²) in [6.45, 7) is 1.12. The van der Waals surface area contributed by atoms with E-state index in [1.807, 2.05) is 0 Å². The molecule has 9 heavy (non-hydrogen) atoms. The van der Waals surface area contributed by atoms with Crippen LogP contribution in [0.1, 0.15) is 32.1 Å². The van der Waals surface area contributed by atoms with Gasteiger partial charge in [0.1, 0.15) is 0 Å². The predicted octanol–water partition coefficient (Wildman–Crippen LogP) is 1.95.